The van der Waals surface area contributed by atoms with Crippen molar-refractivity contribution in [2.45, 2.75) is 6.42 Å². The third-order valence-electron chi connectivity index (χ3n) is 4.53. The number of aromatic hydroxyl groups is 1. The number of carbonyl (C=O) groups is 1. The fourth-order valence-corrected chi connectivity index (χ4v) is 3.16. The van der Waals surface area contributed by atoms with Gasteiger partial charge in [0.15, 0.2) is 5.78 Å². The van der Waals surface area contributed by atoms with Crippen LogP contribution in [0, 0.1) is 0 Å². The molecule has 0 bridgehead atoms. The van der Waals surface area contributed by atoms with E-state index in [9.17, 15) is 9.90 Å². The molecular formula is C22H23NO4. The molecule has 2 aromatic carbocycles. The Morgan fingerprint density at radius 2 is 1.89 bits per heavy atom. The Morgan fingerprint density at radius 3 is 2.52 bits per heavy atom. The summed E-state index contributed by atoms with van der Waals surface area (Å²) in [7, 11) is 3.01. The number of allylic oxidation sites excluding steroid dienone is 1. The number of hydrogen-bond donors (Lipinski definition) is 2. The first-order valence-electron chi connectivity index (χ1n) is 8.81. The van der Waals surface area contributed by atoms with Crippen molar-refractivity contribution < 1.29 is 19.4 Å². The fourth-order valence-electron chi connectivity index (χ4n) is 3.16. The van der Waals surface area contributed by atoms with Gasteiger partial charge in [-0.2, -0.15) is 0 Å². The molecule has 3 rings (SSSR count). The molecule has 0 spiro atoms. The Labute approximate surface area is 158 Å². The van der Waals surface area contributed by atoms with Gasteiger partial charge in [0.05, 0.1) is 19.8 Å². The average Bonchev–Trinajstić information content (AvgIpc) is 2.72. The Morgan fingerprint density at radius 1 is 1.15 bits per heavy atom. The summed E-state index contributed by atoms with van der Waals surface area (Å²) in [5, 5.41) is 14.2. The van der Waals surface area contributed by atoms with E-state index in [-0.39, 0.29) is 22.8 Å². The highest BCUT2D eigenvalue weighted by Crippen LogP contribution is 2.43. The largest absolute Gasteiger partial charge is 0.506 e. The number of benzene rings is 2. The number of ether oxygens (including phenoxy) is 2. The Hall–Kier alpha value is -3.05. The SMILES string of the molecule is COc1cc(OC)c(C2=CCNCC2)c(O)c1C(=O)/C=C/c1ccccc1. The lowest BCUT2D eigenvalue weighted by Crippen LogP contribution is -2.20. The van der Waals surface area contributed by atoms with E-state index >= 15 is 0 Å². The van der Waals surface area contributed by atoms with Crippen LogP contribution in [0.2, 0.25) is 0 Å². The predicted molar refractivity (Wildman–Crippen MR) is 106 cm³/mol. The fraction of sp³-hybridized carbons (Fsp3) is 0.227. The lowest BCUT2D eigenvalue weighted by molar-refractivity contribution is 0.104. The number of carbonyl (C=O) groups excluding carboxylic acids is 1. The van der Waals surface area contributed by atoms with E-state index in [1.54, 1.807) is 12.1 Å². The number of hydrogen-bond acceptors (Lipinski definition) is 5. The predicted octanol–water partition coefficient (Wildman–Crippen LogP) is 3.68. The number of methoxy groups -OCH3 is 2. The van der Waals surface area contributed by atoms with Crippen molar-refractivity contribution in [3.63, 3.8) is 0 Å². The monoisotopic (exact) mass is 365 g/mol. The molecule has 2 N–H and O–H groups in total. The first kappa shape index (κ1) is 18.7. The van der Waals surface area contributed by atoms with Gasteiger partial charge in [-0.05, 0) is 30.2 Å². The average molecular weight is 365 g/mol. The van der Waals surface area contributed by atoms with Gasteiger partial charge in [-0.3, -0.25) is 4.79 Å². The number of phenols is 1. The smallest absolute Gasteiger partial charge is 0.193 e. The molecule has 5 nitrogen and oxygen atoms in total. The number of phenolic OH excluding ortho intramolecular Hbond substituents is 1. The zero-order valence-electron chi connectivity index (χ0n) is 15.5. The van der Waals surface area contributed by atoms with Crippen molar-refractivity contribution in [2.75, 3.05) is 27.3 Å². The van der Waals surface area contributed by atoms with Crippen molar-refractivity contribution in [3.8, 4) is 17.2 Å². The second kappa shape index (κ2) is 8.56. The molecular weight excluding hydrogens is 342 g/mol. The molecule has 0 atom stereocenters. The maximum absolute atomic E-state index is 12.9. The molecule has 5 heteroatoms. The topological polar surface area (TPSA) is 67.8 Å². The van der Waals surface area contributed by atoms with E-state index in [0.717, 1.165) is 24.1 Å². The number of rotatable bonds is 6. The second-order valence-electron chi connectivity index (χ2n) is 6.17. The standard InChI is InChI=1S/C22H23NO4/c1-26-18-14-19(27-2)21(17(24)9-8-15-6-4-3-5-7-15)22(25)20(18)16-10-12-23-13-11-16/h3-10,14,23,25H,11-13H2,1-2H3/b9-8+. The summed E-state index contributed by atoms with van der Waals surface area (Å²) in [6, 6.07) is 11.2. The molecule has 1 aliphatic rings. The van der Waals surface area contributed by atoms with Gasteiger partial charge >= 0.3 is 0 Å². The molecule has 0 aromatic heterocycles. The van der Waals surface area contributed by atoms with E-state index in [4.69, 9.17) is 9.47 Å². The zero-order valence-corrected chi connectivity index (χ0v) is 15.5. The van der Waals surface area contributed by atoms with Crippen LogP contribution in [0.4, 0.5) is 0 Å². The maximum Gasteiger partial charge on any atom is 0.193 e. The van der Waals surface area contributed by atoms with Crippen molar-refractivity contribution in [2.24, 2.45) is 0 Å². The highest BCUT2D eigenvalue weighted by atomic mass is 16.5. The molecule has 0 unspecified atom stereocenters. The first-order valence-corrected chi connectivity index (χ1v) is 8.81. The highest BCUT2D eigenvalue weighted by Gasteiger charge is 2.25. The Bertz CT molecular complexity index is 885. The molecule has 27 heavy (non-hydrogen) atoms. The van der Waals surface area contributed by atoms with Crippen LogP contribution >= 0.6 is 0 Å². The minimum Gasteiger partial charge on any atom is -0.506 e. The van der Waals surface area contributed by atoms with Gasteiger partial charge in [-0.15, -0.1) is 0 Å². The lowest BCUT2D eigenvalue weighted by atomic mass is 9.93. The molecule has 0 saturated heterocycles. The van der Waals surface area contributed by atoms with E-state index < -0.39 is 0 Å². The van der Waals surface area contributed by atoms with E-state index in [1.807, 2.05) is 36.4 Å². The van der Waals surface area contributed by atoms with E-state index in [1.165, 1.54) is 20.3 Å². The molecule has 0 radical (unpaired) electrons. The summed E-state index contributed by atoms with van der Waals surface area (Å²) in [6.45, 7) is 1.51. The van der Waals surface area contributed by atoms with Gasteiger partial charge in [-0.1, -0.05) is 42.5 Å². The first-order chi connectivity index (χ1) is 13.2. The molecule has 1 heterocycles. The summed E-state index contributed by atoms with van der Waals surface area (Å²) in [6.07, 6.45) is 5.90. The molecule has 2 aromatic rings. The van der Waals surface area contributed by atoms with Crippen LogP contribution in [0.3, 0.4) is 0 Å². The van der Waals surface area contributed by atoms with Crippen LogP contribution < -0.4 is 14.8 Å². The lowest BCUT2D eigenvalue weighted by Gasteiger charge is -2.20. The van der Waals surface area contributed by atoms with Gasteiger partial charge < -0.3 is 19.9 Å². The van der Waals surface area contributed by atoms with Gasteiger partial charge in [0, 0.05) is 12.6 Å². The van der Waals surface area contributed by atoms with Gasteiger partial charge in [0.1, 0.15) is 22.8 Å². The minimum absolute atomic E-state index is 0.109. The van der Waals surface area contributed by atoms with Crippen molar-refractivity contribution in [1.29, 1.82) is 0 Å². The summed E-state index contributed by atoms with van der Waals surface area (Å²) in [4.78, 5) is 12.9. The van der Waals surface area contributed by atoms with Gasteiger partial charge in [0.25, 0.3) is 0 Å². The Kier molecular flexibility index (Phi) is 5.94. The molecule has 0 fully saturated rings. The molecule has 1 aliphatic heterocycles. The number of ketones is 1. The van der Waals surface area contributed by atoms with E-state index in [0.29, 0.717) is 17.9 Å². The second-order valence-corrected chi connectivity index (χ2v) is 6.17. The maximum atomic E-state index is 12.9. The third-order valence-corrected chi connectivity index (χ3v) is 4.53. The van der Waals surface area contributed by atoms with Gasteiger partial charge in [0.2, 0.25) is 0 Å². The summed E-state index contributed by atoms with van der Waals surface area (Å²) >= 11 is 0. The van der Waals surface area contributed by atoms with Crippen LogP contribution in [0.15, 0.2) is 48.6 Å². The van der Waals surface area contributed by atoms with Crippen molar-refractivity contribution >= 4 is 17.4 Å². The van der Waals surface area contributed by atoms with Crippen LogP contribution in [0.25, 0.3) is 11.6 Å². The van der Waals surface area contributed by atoms with Gasteiger partial charge in [-0.25, -0.2) is 0 Å². The molecule has 0 aliphatic carbocycles. The third kappa shape index (κ3) is 4.04. The van der Waals surface area contributed by atoms with Crippen LogP contribution in [0.1, 0.15) is 27.9 Å². The zero-order chi connectivity index (χ0) is 19.2. The quantitative estimate of drug-likeness (QED) is 0.604. The van der Waals surface area contributed by atoms with Crippen molar-refractivity contribution in [1.82, 2.24) is 5.32 Å². The highest BCUT2D eigenvalue weighted by molar-refractivity contribution is 6.11. The molecule has 0 saturated carbocycles. The molecule has 0 amide bonds. The summed E-state index contributed by atoms with van der Waals surface area (Å²) in [5.41, 5.74) is 2.54. The Balaban J connectivity index is 2.06. The summed E-state index contributed by atoms with van der Waals surface area (Å²) < 4.78 is 10.8. The summed E-state index contributed by atoms with van der Waals surface area (Å²) in [5.74, 6) is 0.333. The minimum atomic E-state index is -0.327. The number of nitrogens with one attached hydrogen (secondary N) is 1. The van der Waals surface area contributed by atoms with E-state index in [2.05, 4.69) is 5.32 Å². The normalized spacial score (nSPS) is 14.1. The van der Waals surface area contributed by atoms with Crippen LogP contribution in [-0.2, 0) is 0 Å². The van der Waals surface area contributed by atoms with Crippen LogP contribution in [-0.4, -0.2) is 38.2 Å². The van der Waals surface area contributed by atoms with Crippen molar-refractivity contribution in [3.05, 3.63) is 65.2 Å². The molecule has 140 valence electrons. The van der Waals surface area contributed by atoms with Crippen LogP contribution in [0.5, 0.6) is 17.2 Å².